The van der Waals surface area contributed by atoms with Crippen LogP contribution in [0.25, 0.3) is 0 Å². The second kappa shape index (κ2) is 2.20. The van der Waals surface area contributed by atoms with Crippen LogP contribution in [-0.4, -0.2) is 17.9 Å². The number of rotatable bonds is 0. The van der Waals surface area contributed by atoms with Crippen molar-refractivity contribution in [2.24, 2.45) is 4.99 Å². The average Bonchev–Trinajstić information content (AvgIpc) is 1.89. The van der Waals surface area contributed by atoms with E-state index in [4.69, 9.17) is 0 Å². The van der Waals surface area contributed by atoms with E-state index in [0.29, 0.717) is 0 Å². The highest BCUT2D eigenvalue weighted by atomic mass is 16.1. The number of carbonyl (C=O) groups excluding carboxylic acids is 2. The number of aliphatic imine (C=N–C) groups is 1. The molecule has 0 bridgehead atoms. The van der Waals surface area contributed by atoms with Gasteiger partial charge in [0.25, 0.3) is 0 Å². The maximum Gasteiger partial charge on any atom is 0.199 e. The molecule has 0 aromatic carbocycles. The SMILES string of the molecule is O=C=C1C=NC=CC1=O. The summed E-state index contributed by atoms with van der Waals surface area (Å²) in [5.41, 5.74) is -0.0162. The maximum absolute atomic E-state index is 10.5. The molecule has 0 unspecified atom stereocenters. The molecule has 1 aliphatic rings. The van der Waals surface area contributed by atoms with Crippen LogP contribution in [0.3, 0.4) is 0 Å². The van der Waals surface area contributed by atoms with Crippen molar-refractivity contribution in [3.05, 3.63) is 17.8 Å². The average molecular weight is 121 g/mol. The Morgan fingerprint density at radius 1 is 1.56 bits per heavy atom. The Labute approximate surface area is 51.4 Å². The van der Waals surface area contributed by atoms with Crippen molar-refractivity contribution in [1.82, 2.24) is 0 Å². The molecule has 0 atom stereocenters. The van der Waals surface area contributed by atoms with E-state index in [1.165, 1.54) is 24.4 Å². The minimum atomic E-state index is -0.333. The molecule has 0 amide bonds. The molecule has 0 aromatic heterocycles. The Balaban J connectivity index is 3.04. The number of nitrogens with zero attached hydrogens (tertiary/aromatic N) is 1. The zero-order valence-electron chi connectivity index (χ0n) is 4.50. The molecule has 1 aliphatic heterocycles. The van der Waals surface area contributed by atoms with E-state index >= 15 is 0 Å². The smallest absolute Gasteiger partial charge is 0.199 e. The number of carbonyl (C=O) groups is 1. The number of hydrogen-bond acceptors (Lipinski definition) is 3. The molecule has 9 heavy (non-hydrogen) atoms. The first kappa shape index (κ1) is 5.66. The second-order valence-electron chi connectivity index (χ2n) is 1.47. The molecule has 1 heterocycles. The quantitative estimate of drug-likeness (QED) is 0.332. The lowest BCUT2D eigenvalue weighted by Gasteiger charge is -1.91. The molecule has 0 spiro atoms. The van der Waals surface area contributed by atoms with Gasteiger partial charge in [-0.1, -0.05) is 0 Å². The normalized spacial score (nSPS) is 16.0. The van der Waals surface area contributed by atoms with Crippen LogP contribution in [0.4, 0.5) is 0 Å². The first-order chi connectivity index (χ1) is 4.34. The third-order valence-corrected chi connectivity index (χ3v) is 0.891. The molecule has 0 radical (unpaired) electrons. The van der Waals surface area contributed by atoms with Gasteiger partial charge in [0.15, 0.2) is 5.78 Å². The molecule has 0 saturated carbocycles. The van der Waals surface area contributed by atoms with E-state index in [2.05, 4.69) is 4.99 Å². The van der Waals surface area contributed by atoms with Crippen LogP contribution in [-0.2, 0) is 9.59 Å². The molecule has 0 fully saturated rings. The van der Waals surface area contributed by atoms with Crippen molar-refractivity contribution >= 4 is 17.9 Å². The highest BCUT2D eigenvalue weighted by molar-refractivity contribution is 6.24. The summed E-state index contributed by atoms with van der Waals surface area (Å²) in [4.78, 5) is 24.0. The Hall–Kier alpha value is -1.47. The number of hydrogen-bond donors (Lipinski definition) is 0. The van der Waals surface area contributed by atoms with Crippen molar-refractivity contribution in [3.63, 3.8) is 0 Å². The molecule has 0 aliphatic carbocycles. The van der Waals surface area contributed by atoms with Gasteiger partial charge in [-0.05, 0) is 0 Å². The van der Waals surface area contributed by atoms with Gasteiger partial charge in [0, 0.05) is 18.5 Å². The Morgan fingerprint density at radius 2 is 2.33 bits per heavy atom. The second-order valence-corrected chi connectivity index (χ2v) is 1.47. The third-order valence-electron chi connectivity index (χ3n) is 0.891. The predicted octanol–water partition coefficient (Wildman–Crippen LogP) is -0.0884. The van der Waals surface area contributed by atoms with E-state index < -0.39 is 0 Å². The molecule has 3 nitrogen and oxygen atoms in total. The molecular weight excluding hydrogens is 118 g/mol. The molecule has 3 heteroatoms. The third kappa shape index (κ3) is 1.01. The number of ketones is 1. The van der Waals surface area contributed by atoms with E-state index in [9.17, 15) is 9.59 Å². The lowest BCUT2D eigenvalue weighted by molar-refractivity contribution is -0.110. The highest BCUT2D eigenvalue weighted by Crippen LogP contribution is 1.95. The zero-order valence-corrected chi connectivity index (χ0v) is 4.50. The first-order valence-corrected chi connectivity index (χ1v) is 2.34. The van der Waals surface area contributed by atoms with Crippen molar-refractivity contribution < 1.29 is 9.59 Å². The van der Waals surface area contributed by atoms with Crippen molar-refractivity contribution in [1.29, 1.82) is 0 Å². The first-order valence-electron chi connectivity index (χ1n) is 2.34. The summed E-state index contributed by atoms with van der Waals surface area (Å²) in [6, 6.07) is 0. The van der Waals surface area contributed by atoms with E-state index in [-0.39, 0.29) is 11.4 Å². The molecule has 0 N–H and O–H groups in total. The van der Waals surface area contributed by atoms with Crippen LogP contribution in [0.1, 0.15) is 0 Å². The van der Waals surface area contributed by atoms with Crippen LogP contribution in [0.2, 0.25) is 0 Å². The lowest BCUT2D eigenvalue weighted by atomic mass is 10.2. The van der Waals surface area contributed by atoms with Gasteiger partial charge in [-0.2, -0.15) is 0 Å². The van der Waals surface area contributed by atoms with Gasteiger partial charge >= 0.3 is 0 Å². The maximum atomic E-state index is 10.5. The Bertz CT molecular complexity index is 244. The summed E-state index contributed by atoms with van der Waals surface area (Å²) in [6.07, 6.45) is 3.75. The molecule has 44 valence electrons. The fourth-order valence-electron chi connectivity index (χ4n) is 0.458. The fraction of sp³-hybridized carbons (Fsp3) is 0. The van der Waals surface area contributed by atoms with E-state index in [1.807, 2.05) is 0 Å². The zero-order chi connectivity index (χ0) is 6.69. The van der Waals surface area contributed by atoms with E-state index in [1.54, 1.807) is 0 Å². The molecular formula is C6H3NO2. The van der Waals surface area contributed by atoms with Gasteiger partial charge in [0.2, 0.25) is 0 Å². The number of allylic oxidation sites excluding steroid dienone is 2. The minimum Gasteiger partial charge on any atom is -0.288 e. The van der Waals surface area contributed by atoms with Crippen molar-refractivity contribution in [2.75, 3.05) is 0 Å². The standard InChI is InChI=1S/C6H3NO2/c8-4-5-3-7-2-1-6(5)9/h1-3H. The summed E-state index contributed by atoms with van der Waals surface area (Å²) in [6.45, 7) is 0. The van der Waals surface area contributed by atoms with Crippen LogP contribution < -0.4 is 0 Å². The van der Waals surface area contributed by atoms with Crippen LogP contribution >= 0.6 is 0 Å². The van der Waals surface area contributed by atoms with Gasteiger partial charge in [0.05, 0.1) is 0 Å². The summed E-state index contributed by atoms with van der Waals surface area (Å²) in [7, 11) is 0. The summed E-state index contributed by atoms with van der Waals surface area (Å²) < 4.78 is 0. The van der Waals surface area contributed by atoms with Gasteiger partial charge in [-0.3, -0.25) is 9.79 Å². The van der Waals surface area contributed by atoms with Crippen molar-refractivity contribution in [2.45, 2.75) is 0 Å². The van der Waals surface area contributed by atoms with E-state index in [0.717, 1.165) is 0 Å². The summed E-state index contributed by atoms with van der Waals surface area (Å²) in [5, 5.41) is 0. The monoisotopic (exact) mass is 121 g/mol. The topological polar surface area (TPSA) is 46.5 Å². The predicted molar refractivity (Wildman–Crippen MR) is 31.8 cm³/mol. The Kier molecular flexibility index (Phi) is 1.38. The van der Waals surface area contributed by atoms with Gasteiger partial charge in [-0.15, -0.1) is 0 Å². The van der Waals surface area contributed by atoms with Crippen LogP contribution in [0.15, 0.2) is 22.8 Å². The molecule has 0 saturated heterocycles. The van der Waals surface area contributed by atoms with Crippen molar-refractivity contribution in [3.8, 4) is 0 Å². The Morgan fingerprint density at radius 3 is 2.78 bits per heavy atom. The highest BCUT2D eigenvalue weighted by Gasteiger charge is 2.05. The van der Waals surface area contributed by atoms with Gasteiger partial charge < -0.3 is 0 Å². The van der Waals surface area contributed by atoms with Crippen LogP contribution in [0, 0.1) is 0 Å². The largest absolute Gasteiger partial charge is 0.288 e. The van der Waals surface area contributed by atoms with Gasteiger partial charge in [0.1, 0.15) is 11.5 Å². The lowest BCUT2D eigenvalue weighted by Crippen LogP contribution is -2.02. The summed E-state index contributed by atoms with van der Waals surface area (Å²) >= 11 is 0. The van der Waals surface area contributed by atoms with Crippen LogP contribution in [0.5, 0.6) is 0 Å². The molecule has 0 aromatic rings. The fourth-order valence-corrected chi connectivity index (χ4v) is 0.458. The summed E-state index contributed by atoms with van der Waals surface area (Å²) in [5.74, 6) is 1.14. The van der Waals surface area contributed by atoms with Gasteiger partial charge in [-0.25, -0.2) is 4.79 Å². The molecule has 1 rings (SSSR count). The minimum absolute atomic E-state index is 0.0162.